The van der Waals surface area contributed by atoms with Crippen LogP contribution in [0.25, 0.3) is 0 Å². The summed E-state index contributed by atoms with van der Waals surface area (Å²) in [6.07, 6.45) is 4.73. The van der Waals surface area contributed by atoms with E-state index in [9.17, 15) is 4.79 Å². The lowest BCUT2D eigenvalue weighted by Crippen LogP contribution is -2.27. The maximum absolute atomic E-state index is 11.1. The van der Waals surface area contributed by atoms with Gasteiger partial charge in [-0.1, -0.05) is 6.08 Å². The fourth-order valence-electron chi connectivity index (χ4n) is 0.855. The second-order valence-corrected chi connectivity index (χ2v) is 2.56. The molecule has 0 bridgehead atoms. The molecular weight excluding hydrogens is 168 g/mol. The summed E-state index contributed by atoms with van der Waals surface area (Å²) >= 11 is 0. The van der Waals surface area contributed by atoms with Crippen molar-refractivity contribution in [3.63, 3.8) is 0 Å². The lowest BCUT2D eigenvalue weighted by Gasteiger charge is -2.01. The van der Waals surface area contributed by atoms with Crippen molar-refractivity contribution in [1.82, 2.24) is 15.1 Å². The molecule has 1 heterocycles. The van der Waals surface area contributed by atoms with E-state index in [4.69, 9.17) is 5.73 Å². The first-order chi connectivity index (χ1) is 6.22. The lowest BCUT2D eigenvalue weighted by molar-refractivity contribution is -0.121. The molecule has 1 aromatic heterocycles. The number of nitrogens with one attached hydrogen (secondary N) is 1. The third-order valence-corrected chi connectivity index (χ3v) is 1.40. The quantitative estimate of drug-likeness (QED) is 0.628. The van der Waals surface area contributed by atoms with Crippen LogP contribution >= 0.6 is 0 Å². The SMILES string of the molecule is C=CCNC(=O)Cn1cc(N)cn1. The Morgan fingerprint density at radius 1 is 1.85 bits per heavy atom. The van der Waals surface area contributed by atoms with E-state index < -0.39 is 0 Å². The van der Waals surface area contributed by atoms with E-state index in [-0.39, 0.29) is 12.5 Å². The van der Waals surface area contributed by atoms with Crippen LogP contribution in [0, 0.1) is 0 Å². The zero-order valence-electron chi connectivity index (χ0n) is 7.23. The second kappa shape index (κ2) is 4.30. The van der Waals surface area contributed by atoms with Gasteiger partial charge in [0.1, 0.15) is 6.54 Å². The average molecular weight is 180 g/mol. The molecule has 0 aliphatic carbocycles. The highest BCUT2D eigenvalue weighted by atomic mass is 16.2. The van der Waals surface area contributed by atoms with Crippen molar-refractivity contribution >= 4 is 11.6 Å². The van der Waals surface area contributed by atoms with E-state index in [1.165, 1.54) is 10.9 Å². The number of hydrogen-bond acceptors (Lipinski definition) is 3. The Kier molecular flexibility index (Phi) is 3.08. The van der Waals surface area contributed by atoms with Gasteiger partial charge in [-0.15, -0.1) is 6.58 Å². The summed E-state index contributed by atoms with van der Waals surface area (Å²) in [5.41, 5.74) is 5.98. The van der Waals surface area contributed by atoms with Gasteiger partial charge in [-0.3, -0.25) is 9.48 Å². The third-order valence-electron chi connectivity index (χ3n) is 1.40. The molecule has 0 unspecified atom stereocenters. The van der Waals surface area contributed by atoms with Gasteiger partial charge < -0.3 is 11.1 Å². The van der Waals surface area contributed by atoms with Gasteiger partial charge in [0.05, 0.1) is 11.9 Å². The average Bonchev–Trinajstić information content (AvgIpc) is 2.48. The van der Waals surface area contributed by atoms with Gasteiger partial charge in [-0.05, 0) is 0 Å². The number of nitrogens with zero attached hydrogens (tertiary/aromatic N) is 2. The largest absolute Gasteiger partial charge is 0.396 e. The first-order valence-corrected chi connectivity index (χ1v) is 3.88. The Bertz CT molecular complexity index is 305. The molecule has 0 spiro atoms. The van der Waals surface area contributed by atoms with Crippen molar-refractivity contribution < 1.29 is 4.79 Å². The van der Waals surface area contributed by atoms with Gasteiger partial charge >= 0.3 is 0 Å². The standard InChI is InChI=1S/C8H12N4O/c1-2-3-10-8(13)6-12-5-7(9)4-11-12/h2,4-5H,1,3,6,9H2,(H,10,13). The summed E-state index contributed by atoms with van der Waals surface area (Å²) in [6.45, 7) is 4.14. The number of anilines is 1. The molecule has 5 heteroatoms. The Hall–Kier alpha value is -1.78. The van der Waals surface area contributed by atoms with Gasteiger partial charge in [-0.2, -0.15) is 5.10 Å². The summed E-state index contributed by atoms with van der Waals surface area (Å²) in [6, 6.07) is 0. The van der Waals surface area contributed by atoms with Crippen LogP contribution in [-0.2, 0) is 11.3 Å². The van der Waals surface area contributed by atoms with Crippen molar-refractivity contribution in [3.8, 4) is 0 Å². The number of rotatable bonds is 4. The minimum Gasteiger partial charge on any atom is -0.396 e. The van der Waals surface area contributed by atoms with Crippen LogP contribution in [-0.4, -0.2) is 22.2 Å². The van der Waals surface area contributed by atoms with Gasteiger partial charge in [-0.25, -0.2) is 0 Å². The highest BCUT2D eigenvalue weighted by Gasteiger charge is 2.01. The van der Waals surface area contributed by atoms with Gasteiger partial charge in [0.25, 0.3) is 0 Å². The van der Waals surface area contributed by atoms with Crippen LogP contribution in [0.1, 0.15) is 0 Å². The predicted molar refractivity (Wildman–Crippen MR) is 49.8 cm³/mol. The van der Waals surface area contributed by atoms with E-state index in [1.807, 2.05) is 0 Å². The monoisotopic (exact) mass is 180 g/mol. The number of carbonyl (C=O) groups is 1. The van der Waals surface area contributed by atoms with Crippen LogP contribution < -0.4 is 11.1 Å². The lowest BCUT2D eigenvalue weighted by atomic mass is 10.5. The number of amides is 1. The molecule has 3 N–H and O–H groups in total. The van der Waals surface area contributed by atoms with E-state index in [1.54, 1.807) is 12.3 Å². The third kappa shape index (κ3) is 2.98. The molecule has 0 saturated heterocycles. The fourth-order valence-corrected chi connectivity index (χ4v) is 0.855. The Balaban J connectivity index is 2.40. The Morgan fingerprint density at radius 2 is 2.62 bits per heavy atom. The molecule has 5 nitrogen and oxygen atoms in total. The molecule has 13 heavy (non-hydrogen) atoms. The van der Waals surface area contributed by atoms with E-state index in [2.05, 4.69) is 17.0 Å². The molecule has 0 aromatic carbocycles. The van der Waals surface area contributed by atoms with Crippen LogP contribution in [0.15, 0.2) is 25.0 Å². The molecule has 1 aromatic rings. The fraction of sp³-hybridized carbons (Fsp3) is 0.250. The number of carbonyl (C=O) groups excluding carboxylic acids is 1. The second-order valence-electron chi connectivity index (χ2n) is 2.56. The molecule has 1 amide bonds. The molecule has 0 radical (unpaired) electrons. The van der Waals surface area contributed by atoms with Crippen LogP contribution in [0.2, 0.25) is 0 Å². The summed E-state index contributed by atoms with van der Waals surface area (Å²) in [5.74, 6) is -0.108. The summed E-state index contributed by atoms with van der Waals surface area (Å²) < 4.78 is 1.48. The predicted octanol–water partition coefficient (Wildman–Crippen LogP) is -0.233. The molecule has 1 rings (SSSR count). The molecule has 70 valence electrons. The molecule has 0 saturated carbocycles. The molecule has 0 fully saturated rings. The minimum absolute atomic E-state index is 0.108. The highest BCUT2D eigenvalue weighted by Crippen LogP contribution is 1.96. The molecule has 0 atom stereocenters. The molecular formula is C8H12N4O. The van der Waals surface area contributed by atoms with Gasteiger partial charge in [0.15, 0.2) is 0 Å². The van der Waals surface area contributed by atoms with Crippen molar-refractivity contribution in [3.05, 3.63) is 25.0 Å². The summed E-state index contributed by atoms with van der Waals surface area (Å²) in [4.78, 5) is 11.1. The zero-order chi connectivity index (χ0) is 9.68. The topological polar surface area (TPSA) is 72.9 Å². The number of nitrogens with two attached hydrogens (primary N) is 1. The van der Waals surface area contributed by atoms with Crippen molar-refractivity contribution in [2.24, 2.45) is 0 Å². The van der Waals surface area contributed by atoms with E-state index in [0.29, 0.717) is 12.2 Å². The van der Waals surface area contributed by atoms with E-state index >= 15 is 0 Å². The van der Waals surface area contributed by atoms with Crippen molar-refractivity contribution in [2.75, 3.05) is 12.3 Å². The Labute approximate surface area is 76.2 Å². The number of aromatic nitrogens is 2. The van der Waals surface area contributed by atoms with Gasteiger partial charge in [0.2, 0.25) is 5.91 Å². The van der Waals surface area contributed by atoms with Gasteiger partial charge in [0, 0.05) is 12.7 Å². The zero-order valence-corrected chi connectivity index (χ0v) is 7.23. The van der Waals surface area contributed by atoms with E-state index in [0.717, 1.165) is 0 Å². The Morgan fingerprint density at radius 3 is 3.15 bits per heavy atom. The first kappa shape index (κ1) is 9.31. The maximum atomic E-state index is 11.1. The molecule has 0 aliphatic rings. The van der Waals surface area contributed by atoms with Crippen LogP contribution in [0.3, 0.4) is 0 Å². The van der Waals surface area contributed by atoms with Crippen LogP contribution in [0.5, 0.6) is 0 Å². The first-order valence-electron chi connectivity index (χ1n) is 3.88. The normalized spacial score (nSPS) is 9.54. The summed E-state index contributed by atoms with van der Waals surface area (Å²) in [5, 5.41) is 6.50. The number of hydrogen-bond donors (Lipinski definition) is 2. The van der Waals surface area contributed by atoms with Crippen molar-refractivity contribution in [1.29, 1.82) is 0 Å². The summed E-state index contributed by atoms with van der Waals surface area (Å²) in [7, 11) is 0. The minimum atomic E-state index is -0.108. The maximum Gasteiger partial charge on any atom is 0.241 e. The smallest absolute Gasteiger partial charge is 0.241 e. The number of nitrogen functional groups attached to an aromatic ring is 1. The molecule has 0 aliphatic heterocycles. The highest BCUT2D eigenvalue weighted by molar-refractivity contribution is 5.75. The van der Waals surface area contributed by atoms with Crippen molar-refractivity contribution in [2.45, 2.75) is 6.54 Å². The van der Waals surface area contributed by atoms with Crippen LogP contribution in [0.4, 0.5) is 5.69 Å².